The summed E-state index contributed by atoms with van der Waals surface area (Å²) < 4.78 is 0. The molecule has 1 fully saturated rings. The number of carbonyl (C=O) groups excluding carboxylic acids is 1. The molecular weight excluding hydrogens is 284 g/mol. The maximum atomic E-state index is 12.4. The van der Waals surface area contributed by atoms with Gasteiger partial charge >= 0.3 is 0 Å². The van der Waals surface area contributed by atoms with Crippen molar-refractivity contribution in [1.82, 2.24) is 5.32 Å². The third kappa shape index (κ3) is 4.37. The molecule has 1 amide bonds. The molecule has 0 aromatic heterocycles. The van der Waals surface area contributed by atoms with Crippen LogP contribution in [-0.4, -0.2) is 19.0 Å². The van der Waals surface area contributed by atoms with Crippen molar-refractivity contribution in [3.63, 3.8) is 0 Å². The lowest BCUT2D eigenvalue weighted by Gasteiger charge is -2.17. The molecule has 0 radical (unpaired) electrons. The smallest absolute Gasteiger partial charge is 0.253 e. The normalized spacial score (nSPS) is 21.3. The lowest BCUT2D eigenvalue weighted by Crippen LogP contribution is -2.30. The largest absolute Gasteiger partial charge is 0.384 e. The molecule has 0 aliphatic heterocycles. The van der Waals surface area contributed by atoms with Crippen molar-refractivity contribution in [2.45, 2.75) is 39.5 Å². The Morgan fingerprint density at radius 3 is 2.86 bits per heavy atom. The number of benzene rings is 1. The molecule has 2 atom stereocenters. The predicted octanol–water partition coefficient (Wildman–Crippen LogP) is 4.33. The maximum Gasteiger partial charge on any atom is 0.253 e. The second-order valence-electron chi connectivity index (χ2n) is 5.99. The summed E-state index contributed by atoms with van der Waals surface area (Å²) in [5.74, 6) is 1.29. The molecule has 0 bridgehead atoms. The van der Waals surface area contributed by atoms with Gasteiger partial charge in [0.25, 0.3) is 5.91 Å². The van der Waals surface area contributed by atoms with Crippen LogP contribution in [0.5, 0.6) is 0 Å². The minimum absolute atomic E-state index is 0.0322. The standard InChI is InChI=1S/C17H25ClN2O/c1-3-9-19-16-8-7-14(18)10-15(16)17(21)20-11-13-6-4-5-12(13)2/h7-8,10,12-13,19H,3-6,9,11H2,1-2H3,(H,20,21). The van der Waals surface area contributed by atoms with E-state index >= 15 is 0 Å². The van der Waals surface area contributed by atoms with Gasteiger partial charge in [0.05, 0.1) is 5.56 Å². The fourth-order valence-corrected chi connectivity index (χ4v) is 3.13. The van der Waals surface area contributed by atoms with Crippen LogP contribution in [0.2, 0.25) is 5.02 Å². The lowest BCUT2D eigenvalue weighted by atomic mass is 9.98. The molecule has 1 aromatic rings. The number of carbonyl (C=O) groups is 1. The van der Waals surface area contributed by atoms with E-state index in [0.29, 0.717) is 22.4 Å². The Bertz CT molecular complexity index is 490. The number of amides is 1. The Labute approximate surface area is 132 Å². The topological polar surface area (TPSA) is 41.1 Å². The molecule has 1 aliphatic carbocycles. The highest BCUT2D eigenvalue weighted by molar-refractivity contribution is 6.31. The molecule has 116 valence electrons. The highest BCUT2D eigenvalue weighted by atomic mass is 35.5. The van der Waals surface area contributed by atoms with Crippen LogP contribution in [0, 0.1) is 11.8 Å². The number of hydrogen-bond donors (Lipinski definition) is 2. The van der Waals surface area contributed by atoms with Crippen molar-refractivity contribution < 1.29 is 4.79 Å². The van der Waals surface area contributed by atoms with Crippen molar-refractivity contribution in [2.24, 2.45) is 11.8 Å². The van der Waals surface area contributed by atoms with E-state index < -0.39 is 0 Å². The molecule has 21 heavy (non-hydrogen) atoms. The van der Waals surface area contributed by atoms with Crippen LogP contribution in [0.4, 0.5) is 5.69 Å². The van der Waals surface area contributed by atoms with Gasteiger partial charge in [-0.3, -0.25) is 4.79 Å². The van der Waals surface area contributed by atoms with Crippen LogP contribution < -0.4 is 10.6 Å². The fourth-order valence-electron chi connectivity index (χ4n) is 2.96. The summed E-state index contributed by atoms with van der Waals surface area (Å²) in [6.45, 7) is 5.99. The summed E-state index contributed by atoms with van der Waals surface area (Å²) in [7, 11) is 0. The van der Waals surface area contributed by atoms with Crippen molar-refractivity contribution in [3.8, 4) is 0 Å². The minimum atomic E-state index is -0.0322. The molecule has 1 saturated carbocycles. The number of rotatable bonds is 6. The zero-order valence-corrected chi connectivity index (χ0v) is 13.7. The molecule has 4 heteroatoms. The number of halogens is 1. The molecule has 0 saturated heterocycles. The van der Waals surface area contributed by atoms with Gasteiger partial charge in [-0.2, -0.15) is 0 Å². The average molecular weight is 309 g/mol. The second kappa shape index (κ2) is 7.69. The first-order valence-corrected chi connectivity index (χ1v) is 8.31. The molecule has 1 aromatic carbocycles. The molecule has 2 rings (SSSR count). The summed E-state index contributed by atoms with van der Waals surface area (Å²) in [6, 6.07) is 5.44. The Hall–Kier alpha value is -1.22. The van der Waals surface area contributed by atoms with Crippen LogP contribution in [0.3, 0.4) is 0 Å². The van der Waals surface area contributed by atoms with E-state index in [-0.39, 0.29) is 5.91 Å². The molecule has 1 aliphatic rings. The Morgan fingerprint density at radius 1 is 1.38 bits per heavy atom. The van der Waals surface area contributed by atoms with Gasteiger partial charge in [-0.15, -0.1) is 0 Å². The zero-order valence-electron chi connectivity index (χ0n) is 12.9. The van der Waals surface area contributed by atoms with Crippen LogP contribution in [0.15, 0.2) is 18.2 Å². The van der Waals surface area contributed by atoms with E-state index in [1.165, 1.54) is 19.3 Å². The maximum absolute atomic E-state index is 12.4. The lowest BCUT2D eigenvalue weighted by molar-refractivity contribution is 0.0945. The van der Waals surface area contributed by atoms with E-state index in [4.69, 9.17) is 11.6 Å². The quantitative estimate of drug-likeness (QED) is 0.821. The van der Waals surface area contributed by atoms with Crippen LogP contribution in [0.25, 0.3) is 0 Å². The van der Waals surface area contributed by atoms with Gasteiger partial charge in [0.1, 0.15) is 0 Å². The van der Waals surface area contributed by atoms with E-state index in [9.17, 15) is 4.79 Å². The van der Waals surface area contributed by atoms with E-state index in [2.05, 4.69) is 24.5 Å². The summed E-state index contributed by atoms with van der Waals surface area (Å²) in [5, 5.41) is 6.96. The Balaban J connectivity index is 2.01. The Morgan fingerprint density at radius 2 is 2.19 bits per heavy atom. The first kappa shape index (κ1) is 16.2. The molecule has 0 spiro atoms. The summed E-state index contributed by atoms with van der Waals surface area (Å²) in [4.78, 5) is 12.4. The van der Waals surface area contributed by atoms with Crippen LogP contribution in [0.1, 0.15) is 49.9 Å². The van der Waals surface area contributed by atoms with E-state index in [0.717, 1.165) is 25.2 Å². The summed E-state index contributed by atoms with van der Waals surface area (Å²) in [6.07, 6.45) is 4.80. The van der Waals surface area contributed by atoms with Crippen molar-refractivity contribution in [3.05, 3.63) is 28.8 Å². The first-order chi connectivity index (χ1) is 10.1. The summed E-state index contributed by atoms with van der Waals surface area (Å²) in [5.41, 5.74) is 1.50. The highest BCUT2D eigenvalue weighted by Crippen LogP contribution is 2.30. The van der Waals surface area contributed by atoms with Crippen molar-refractivity contribution in [2.75, 3.05) is 18.4 Å². The first-order valence-electron chi connectivity index (χ1n) is 7.93. The third-order valence-electron chi connectivity index (χ3n) is 4.36. The molecular formula is C17H25ClN2O. The number of anilines is 1. The van der Waals surface area contributed by atoms with Crippen molar-refractivity contribution >= 4 is 23.2 Å². The van der Waals surface area contributed by atoms with Crippen LogP contribution in [-0.2, 0) is 0 Å². The highest BCUT2D eigenvalue weighted by Gasteiger charge is 2.24. The second-order valence-corrected chi connectivity index (χ2v) is 6.43. The third-order valence-corrected chi connectivity index (χ3v) is 4.59. The van der Waals surface area contributed by atoms with Gasteiger partial charge in [-0.05, 0) is 42.9 Å². The monoisotopic (exact) mass is 308 g/mol. The summed E-state index contributed by atoms with van der Waals surface area (Å²) >= 11 is 6.04. The predicted molar refractivity (Wildman–Crippen MR) is 89.1 cm³/mol. The van der Waals surface area contributed by atoms with Gasteiger partial charge in [0.15, 0.2) is 0 Å². The fraction of sp³-hybridized carbons (Fsp3) is 0.588. The van der Waals surface area contributed by atoms with Gasteiger partial charge < -0.3 is 10.6 Å². The van der Waals surface area contributed by atoms with Gasteiger partial charge in [0, 0.05) is 23.8 Å². The number of hydrogen-bond acceptors (Lipinski definition) is 2. The molecule has 0 heterocycles. The number of nitrogens with one attached hydrogen (secondary N) is 2. The van der Waals surface area contributed by atoms with Crippen LogP contribution >= 0.6 is 11.6 Å². The molecule has 2 N–H and O–H groups in total. The molecule has 3 nitrogen and oxygen atoms in total. The zero-order chi connectivity index (χ0) is 15.2. The van der Waals surface area contributed by atoms with Gasteiger partial charge in [-0.25, -0.2) is 0 Å². The van der Waals surface area contributed by atoms with Gasteiger partial charge in [-0.1, -0.05) is 38.3 Å². The van der Waals surface area contributed by atoms with E-state index in [1.807, 2.05) is 12.1 Å². The minimum Gasteiger partial charge on any atom is -0.384 e. The van der Waals surface area contributed by atoms with Gasteiger partial charge in [0.2, 0.25) is 0 Å². The molecule has 2 unspecified atom stereocenters. The van der Waals surface area contributed by atoms with E-state index in [1.54, 1.807) is 6.07 Å². The van der Waals surface area contributed by atoms with Crippen molar-refractivity contribution in [1.29, 1.82) is 0 Å². The SMILES string of the molecule is CCCNc1ccc(Cl)cc1C(=O)NCC1CCCC1C. The average Bonchev–Trinajstić information content (AvgIpc) is 2.88. The Kier molecular flexibility index (Phi) is 5.92.